The summed E-state index contributed by atoms with van der Waals surface area (Å²) in [5.41, 5.74) is 7.62. The summed E-state index contributed by atoms with van der Waals surface area (Å²) >= 11 is 12.0. The topological polar surface area (TPSA) is 68.2 Å². The van der Waals surface area contributed by atoms with Gasteiger partial charge in [0.25, 0.3) is 0 Å². The van der Waals surface area contributed by atoms with Gasteiger partial charge >= 0.3 is 0 Å². The first-order valence-electron chi connectivity index (χ1n) is 5.74. The quantitative estimate of drug-likeness (QED) is 0.892. The fourth-order valence-electron chi connectivity index (χ4n) is 1.99. The maximum Gasteiger partial charge on any atom is 0.138 e. The number of halogens is 2. The molecule has 0 amide bonds. The Balaban J connectivity index is 2.06. The smallest absolute Gasteiger partial charge is 0.138 e. The van der Waals surface area contributed by atoms with E-state index in [0.29, 0.717) is 15.9 Å². The largest absolute Gasteiger partial charge is 0.383 e. The minimum absolute atomic E-state index is 0.506. The van der Waals surface area contributed by atoms with Gasteiger partial charge in [-0.1, -0.05) is 23.2 Å². The summed E-state index contributed by atoms with van der Waals surface area (Å²) in [6, 6.07) is 5.17. The standard InChI is InChI=1S/C12H11Cl2N5/c13-7-3-8(14)5-9(4-7)19-11(15)10(6-18-19)12-16-1-2-17-12/h3-6H,1-2,15H2,(H,16,17). The molecule has 0 bridgehead atoms. The molecule has 3 rings (SSSR count). The van der Waals surface area contributed by atoms with Crippen molar-refractivity contribution >= 4 is 34.9 Å². The number of anilines is 1. The van der Waals surface area contributed by atoms with Crippen molar-refractivity contribution in [2.24, 2.45) is 4.99 Å². The molecule has 98 valence electrons. The van der Waals surface area contributed by atoms with Gasteiger partial charge in [-0.3, -0.25) is 4.99 Å². The summed E-state index contributed by atoms with van der Waals surface area (Å²) < 4.78 is 1.59. The summed E-state index contributed by atoms with van der Waals surface area (Å²) in [4.78, 5) is 4.33. The van der Waals surface area contributed by atoms with Crippen LogP contribution in [0.4, 0.5) is 5.82 Å². The number of benzene rings is 1. The third kappa shape index (κ3) is 2.27. The zero-order valence-electron chi connectivity index (χ0n) is 9.90. The third-order valence-corrected chi connectivity index (χ3v) is 3.26. The maximum absolute atomic E-state index is 6.11. The maximum atomic E-state index is 6.11. The van der Waals surface area contributed by atoms with Crippen molar-refractivity contribution in [3.63, 3.8) is 0 Å². The van der Waals surface area contributed by atoms with Gasteiger partial charge in [0.1, 0.15) is 11.7 Å². The molecule has 1 aliphatic rings. The number of nitrogens with zero attached hydrogens (tertiary/aromatic N) is 3. The van der Waals surface area contributed by atoms with Crippen molar-refractivity contribution in [3.05, 3.63) is 40.0 Å². The van der Waals surface area contributed by atoms with E-state index >= 15 is 0 Å². The monoisotopic (exact) mass is 295 g/mol. The predicted octanol–water partition coefficient (Wildman–Crippen LogP) is 2.11. The Hall–Kier alpha value is -1.72. The van der Waals surface area contributed by atoms with E-state index in [0.717, 1.165) is 30.2 Å². The highest BCUT2D eigenvalue weighted by Crippen LogP contribution is 2.24. The minimum atomic E-state index is 0.506. The van der Waals surface area contributed by atoms with Gasteiger partial charge in [0.2, 0.25) is 0 Å². The fraction of sp³-hybridized carbons (Fsp3) is 0.167. The first-order chi connectivity index (χ1) is 9.15. The highest BCUT2D eigenvalue weighted by Gasteiger charge is 2.16. The molecule has 0 fully saturated rings. The van der Waals surface area contributed by atoms with E-state index in [9.17, 15) is 0 Å². The predicted molar refractivity (Wildman–Crippen MR) is 77.4 cm³/mol. The van der Waals surface area contributed by atoms with Crippen LogP contribution in [0.3, 0.4) is 0 Å². The van der Waals surface area contributed by atoms with Crippen LogP contribution in [0.5, 0.6) is 0 Å². The van der Waals surface area contributed by atoms with Crippen LogP contribution in [0.25, 0.3) is 5.69 Å². The van der Waals surface area contributed by atoms with Gasteiger partial charge in [-0.15, -0.1) is 0 Å². The number of nitrogens with one attached hydrogen (secondary N) is 1. The number of nitrogens with two attached hydrogens (primary N) is 1. The van der Waals surface area contributed by atoms with Crippen LogP contribution in [0, 0.1) is 0 Å². The molecule has 19 heavy (non-hydrogen) atoms. The van der Waals surface area contributed by atoms with Gasteiger partial charge in [0.05, 0.1) is 24.0 Å². The van der Waals surface area contributed by atoms with Crippen LogP contribution in [0.2, 0.25) is 10.0 Å². The number of amidine groups is 1. The Morgan fingerprint density at radius 3 is 2.58 bits per heavy atom. The lowest BCUT2D eigenvalue weighted by Gasteiger charge is -2.06. The molecule has 0 aliphatic carbocycles. The average Bonchev–Trinajstić information content (AvgIpc) is 2.96. The molecule has 3 N–H and O–H groups in total. The normalized spacial score (nSPS) is 14.3. The molecule has 0 saturated carbocycles. The van der Waals surface area contributed by atoms with Crippen LogP contribution in [-0.2, 0) is 0 Å². The van der Waals surface area contributed by atoms with E-state index in [-0.39, 0.29) is 0 Å². The van der Waals surface area contributed by atoms with Crippen LogP contribution in [0.1, 0.15) is 5.56 Å². The van der Waals surface area contributed by atoms with Crippen LogP contribution in [-0.4, -0.2) is 28.7 Å². The SMILES string of the molecule is Nc1c(C2=NCCN2)cnn1-c1cc(Cl)cc(Cl)c1. The van der Waals surface area contributed by atoms with Crippen molar-refractivity contribution in [3.8, 4) is 5.69 Å². The summed E-state index contributed by atoms with van der Waals surface area (Å²) in [5.74, 6) is 1.28. The van der Waals surface area contributed by atoms with E-state index in [1.54, 1.807) is 29.1 Å². The van der Waals surface area contributed by atoms with Crippen LogP contribution < -0.4 is 11.1 Å². The van der Waals surface area contributed by atoms with Crippen molar-refractivity contribution in [1.82, 2.24) is 15.1 Å². The molecule has 0 spiro atoms. The second-order valence-corrected chi connectivity index (χ2v) is 5.01. The lowest BCUT2D eigenvalue weighted by molar-refractivity contribution is 0.891. The number of aliphatic imine (C=N–C) groups is 1. The second-order valence-electron chi connectivity index (χ2n) is 4.14. The molecule has 2 aromatic rings. The van der Waals surface area contributed by atoms with Gasteiger partial charge in [0, 0.05) is 16.6 Å². The van der Waals surface area contributed by atoms with Crippen molar-refractivity contribution in [2.75, 3.05) is 18.8 Å². The Labute approximate surface area is 120 Å². The first-order valence-corrected chi connectivity index (χ1v) is 6.49. The Morgan fingerprint density at radius 1 is 1.21 bits per heavy atom. The van der Waals surface area contributed by atoms with Crippen molar-refractivity contribution < 1.29 is 0 Å². The fourth-order valence-corrected chi connectivity index (χ4v) is 2.50. The summed E-state index contributed by atoms with van der Waals surface area (Å²) in [6.07, 6.45) is 1.68. The van der Waals surface area contributed by atoms with Gasteiger partial charge in [-0.05, 0) is 18.2 Å². The molecule has 7 heteroatoms. The Bertz CT molecular complexity index is 642. The van der Waals surface area contributed by atoms with Crippen LogP contribution in [0.15, 0.2) is 29.4 Å². The summed E-state index contributed by atoms with van der Waals surface area (Å²) in [5, 5.41) is 8.51. The highest BCUT2D eigenvalue weighted by atomic mass is 35.5. The number of hydrogen-bond acceptors (Lipinski definition) is 4. The Morgan fingerprint density at radius 2 is 1.95 bits per heavy atom. The lowest BCUT2D eigenvalue weighted by atomic mass is 10.3. The van der Waals surface area contributed by atoms with Gasteiger partial charge in [-0.25, -0.2) is 4.68 Å². The number of rotatable bonds is 2. The molecular weight excluding hydrogens is 285 g/mol. The van der Waals surface area contributed by atoms with Crippen LogP contribution >= 0.6 is 23.2 Å². The molecule has 0 unspecified atom stereocenters. The molecule has 1 aromatic carbocycles. The third-order valence-electron chi connectivity index (χ3n) is 2.83. The number of aromatic nitrogens is 2. The molecule has 1 aliphatic heterocycles. The molecule has 1 aromatic heterocycles. The number of hydrogen-bond donors (Lipinski definition) is 2. The molecular formula is C12H11Cl2N5. The van der Waals surface area contributed by atoms with E-state index in [1.165, 1.54) is 0 Å². The van der Waals surface area contributed by atoms with E-state index in [4.69, 9.17) is 28.9 Å². The number of nitrogen functional groups attached to an aromatic ring is 1. The zero-order chi connectivity index (χ0) is 13.4. The van der Waals surface area contributed by atoms with Gasteiger partial charge in [-0.2, -0.15) is 5.10 Å². The summed E-state index contributed by atoms with van der Waals surface area (Å²) in [7, 11) is 0. The van der Waals surface area contributed by atoms with Gasteiger partial charge < -0.3 is 11.1 Å². The minimum Gasteiger partial charge on any atom is -0.383 e. The molecule has 2 heterocycles. The van der Waals surface area contributed by atoms with E-state index < -0.39 is 0 Å². The summed E-state index contributed by atoms with van der Waals surface area (Å²) in [6.45, 7) is 1.58. The zero-order valence-corrected chi connectivity index (χ0v) is 11.4. The van der Waals surface area contributed by atoms with Gasteiger partial charge in [0.15, 0.2) is 0 Å². The average molecular weight is 296 g/mol. The Kier molecular flexibility index (Phi) is 3.08. The molecule has 0 radical (unpaired) electrons. The highest BCUT2D eigenvalue weighted by molar-refractivity contribution is 6.34. The van der Waals surface area contributed by atoms with Crippen molar-refractivity contribution in [2.45, 2.75) is 0 Å². The molecule has 0 atom stereocenters. The first kappa shape index (κ1) is 12.3. The van der Waals surface area contributed by atoms with E-state index in [2.05, 4.69) is 15.4 Å². The van der Waals surface area contributed by atoms with E-state index in [1.807, 2.05) is 0 Å². The molecule has 5 nitrogen and oxygen atoms in total. The van der Waals surface area contributed by atoms with Crippen molar-refractivity contribution in [1.29, 1.82) is 0 Å². The molecule has 0 saturated heterocycles. The lowest BCUT2D eigenvalue weighted by Crippen LogP contribution is -2.20. The second kappa shape index (κ2) is 4.75.